The summed E-state index contributed by atoms with van der Waals surface area (Å²) in [6.07, 6.45) is 1.30. The summed E-state index contributed by atoms with van der Waals surface area (Å²) in [5.74, 6) is 5.57. The number of alkyl halides is 3. The van der Waals surface area contributed by atoms with Crippen LogP contribution >= 0.6 is 0 Å². The van der Waals surface area contributed by atoms with Gasteiger partial charge in [0.1, 0.15) is 6.54 Å². The smallest absolute Gasteiger partial charge is 0.338 e. The van der Waals surface area contributed by atoms with Crippen molar-refractivity contribution in [2.24, 2.45) is 23.6 Å². The van der Waals surface area contributed by atoms with Gasteiger partial charge in [-0.3, -0.25) is 15.4 Å². The Morgan fingerprint density at radius 1 is 1.26 bits per heavy atom. The fraction of sp³-hybridized carbons (Fsp3) is 0.870. The van der Waals surface area contributed by atoms with Gasteiger partial charge in [-0.2, -0.15) is 13.2 Å². The van der Waals surface area contributed by atoms with Gasteiger partial charge in [-0.25, -0.2) is 0 Å². The number of hydroxylamine groups is 4. The zero-order valence-corrected chi connectivity index (χ0v) is 20.3. The first-order chi connectivity index (χ1) is 16.0. The summed E-state index contributed by atoms with van der Waals surface area (Å²) < 4.78 is 40.1. The first kappa shape index (κ1) is 25.8. The number of amides is 1. The van der Waals surface area contributed by atoms with Gasteiger partial charge in [0, 0.05) is 33.2 Å². The van der Waals surface area contributed by atoms with Crippen LogP contribution in [0.1, 0.15) is 44.9 Å². The summed E-state index contributed by atoms with van der Waals surface area (Å²) in [7, 11) is 3.62. The lowest BCUT2D eigenvalue weighted by molar-refractivity contribution is -1.18. The van der Waals surface area contributed by atoms with Gasteiger partial charge in [0.05, 0.1) is 24.5 Å². The molecule has 3 heterocycles. The van der Waals surface area contributed by atoms with Gasteiger partial charge in [0.25, 0.3) is 0 Å². The maximum absolute atomic E-state index is 13.4. The van der Waals surface area contributed by atoms with E-state index in [9.17, 15) is 18.0 Å². The molecule has 3 saturated heterocycles. The zero-order valence-electron chi connectivity index (χ0n) is 20.3. The largest absolute Gasteiger partial charge is 0.391 e. The average Bonchev–Trinajstić information content (AvgIpc) is 2.76. The zero-order chi connectivity index (χ0) is 24.7. The maximum Gasteiger partial charge on any atom is 0.391 e. The van der Waals surface area contributed by atoms with Gasteiger partial charge < -0.3 is 4.90 Å². The number of carbonyl (C=O) groups excluding carboxylic acids is 1. The van der Waals surface area contributed by atoms with Crippen LogP contribution < -0.4 is 16.5 Å². The van der Waals surface area contributed by atoms with Crippen molar-refractivity contribution in [3.63, 3.8) is 0 Å². The number of rotatable bonds is 6. The number of hydrogen-bond donors (Lipinski definition) is 3. The second-order valence-electron chi connectivity index (χ2n) is 10.8. The normalized spacial score (nSPS) is 41.0. The van der Waals surface area contributed by atoms with E-state index >= 15 is 0 Å². The Labute approximate surface area is 200 Å². The molecule has 4 N–H and O–H groups in total. The molecule has 1 saturated carbocycles. The molecule has 4 fully saturated rings. The molecule has 8 atom stereocenters. The molecule has 0 aromatic rings. The number of nitrogens with one attached hydrogen (secondary N) is 2. The molecule has 1 amide bonds. The van der Waals surface area contributed by atoms with Crippen LogP contribution in [0, 0.1) is 17.8 Å². The lowest BCUT2D eigenvalue weighted by Crippen LogP contribution is -2.80. The SMILES string of the molecule is C=CC(=O)N1CCC2C(C1)NC(CC1CCCC(C(F)(F)F)C1)NC2C1CC[N+]1(N)ON(C)C. The van der Waals surface area contributed by atoms with Crippen LogP contribution in [0.15, 0.2) is 12.7 Å². The van der Waals surface area contributed by atoms with Crippen molar-refractivity contribution in [2.45, 2.75) is 75.4 Å². The highest BCUT2D eigenvalue weighted by molar-refractivity contribution is 5.87. The van der Waals surface area contributed by atoms with E-state index < -0.39 is 12.1 Å². The standard InChI is InChI=1S/C23H40F3N6O2/c1-4-21(33)31-10-8-17-18(14-31)28-20(13-15-6-5-7-16(12-15)23(24,25)26)29-22(17)19-9-11-32(19,27)34-30(2)3/h4,15-20,22,28-29H,1,5-14,27H2,2-3H3/q+1. The van der Waals surface area contributed by atoms with Crippen LogP contribution in [0.3, 0.4) is 0 Å². The summed E-state index contributed by atoms with van der Waals surface area (Å²) in [5, 5.41) is 9.00. The minimum Gasteiger partial charge on any atom is -0.338 e. The summed E-state index contributed by atoms with van der Waals surface area (Å²) in [6.45, 7) is 5.53. The number of quaternary nitrogens is 1. The van der Waals surface area contributed by atoms with Crippen molar-refractivity contribution >= 4 is 5.91 Å². The fourth-order valence-electron chi connectivity index (χ4n) is 6.63. The topological polar surface area (TPSA) is 82.9 Å². The molecule has 0 aromatic heterocycles. The van der Waals surface area contributed by atoms with E-state index in [1.807, 2.05) is 19.0 Å². The number of nitrogens with zero attached hydrogens (tertiary/aromatic N) is 3. The number of likely N-dealkylation sites (tertiary alicyclic amines) is 1. The third kappa shape index (κ3) is 5.44. The van der Waals surface area contributed by atoms with E-state index in [0.717, 1.165) is 19.3 Å². The number of carbonyl (C=O) groups is 1. The van der Waals surface area contributed by atoms with Crippen LogP contribution in [-0.4, -0.2) is 84.8 Å². The Balaban J connectivity index is 1.49. The molecule has 0 aromatic carbocycles. The van der Waals surface area contributed by atoms with E-state index in [4.69, 9.17) is 10.8 Å². The summed E-state index contributed by atoms with van der Waals surface area (Å²) >= 11 is 0. The second-order valence-corrected chi connectivity index (χ2v) is 10.8. The molecule has 34 heavy (non-hydrogen) atoms. The third-order valence-corrected chi connectivity index (χ3v) is 8.30. The van der Waals surface area contributed by atoms with Crippen LogP contribution in [0.2, 0.25) is 0 Å². The van der Waals surface area contributed by atoms with Crippen molar-refractivity contribution < 1.29 is 27.7 Å². The molecule has 1 aliphatic carbocycles. The lowest BCUT2D eigenvalue weighted by atomic mass is 9.75. The molecule has 11 heteroatoms. The predicted octanol–water partition coefficient (Wildman–Crippen LogP) is 1.91. The van der Waals surface area contributed by atoms with E-state index in [-0.39, 0.29) is 59.6 Å². The Morgan fingerprint density at radius 3 is 2.65 bits per heavy atom. The highest BCUT2D eigenvalue weighted by Gasteiger charge is 2.57. The molecular weight excluding hydrogens is 449 g/mol. The van der Waals surface area contributed by atoms with Crippen molar-refractivity contribution in [2.75, 3.05) is 33.7 Å². The first-order valence-corrected chi connectivity index (χ1v) is 12.5. The van der Waals surface area contributed by atoms with E-state index in [1.54, 1.807) is 5.06 Å². The molecule has 0 radical (unpaired) electrons. The van der Waals surface area contributed by atoms with Gasteiger partial charge >= 0.3 is 6.18 Å². The molecule has 194 valence electrons. The quantitative estimate of drug-likeness (QED) is 0.229. The van der Waals surface area contributed by atoms with Crippen LogP contribution in [0.25, 0.3) is 0 Å². The highest BCUT2D eigenvalue weighted by Crippen LogP contribution is 2.42. The van der Waals surface area contributed by atoms with Gasteiger partial charge in [-0.1, -0.05) is 29.1 Å². The lowest BCUT2D eigenvalue weighted by Gasteiger charge is -2.55. The molecule has 8 unspecified atom stereocenters. The van der Waals surface area contributed by atoms with E-state index in [0.29, 0.717) is 32.5 Å². The van der Waals surface area contributed by atoms with Gasteiger partial charge in [-0.15, -0.1) is 10.9 Å². The third-order valence-electron chi connectivity index (χ3n) is 8.30. The molecule has 4 aliphatic rings. The number of hydrogen-bond acceptors (Lipinski definition) is 6. The molecule has 8 nitrogen and oxygen atoms in total. The maximum atomic E-state index is 13.4. The number of nitrogens with two attached hydrogens (primary N) is 1. The van der Waals surface area contributed by atoms with Crippen molar-refractivity contribution in [3.8, 4) is 0 Å². The number of piperidine rings is 1. The van der Waals surface area contributed by atoms with Crippen molar-refractivity contribution in [1.82, 2.24) is 20.6 Å². The van der Waals surface area contributed by atoms with Gasteiger partial charge in [-0.05, 0) is 43.6 Å². The Morgan fingerprint density at radius 2 is 2.03 bits per heavy atom. The highest BCUT2D eigenvalue weighted by atomic mass is 19.4. The van der Waals surface area contributed by atoms with Crippen LogP contribution in [0.4, 0.5) is 13.2 Å². The fourth-order valence-corrected chi connectivity index (χ4v) is 6.63. The Hall–Kier alpha value is -1.24. The summed E-state index contributed by atoms with van der Waals surface area (Å²) in [5.41, 5.74) is 0. The monoisotopic (exact) mass is 489 g/mol. The van der Waals surface area contributed by atoms with Crippen molar-refractivity contribution in [3.05, 3.63) is 12.7 Å². The van der Waals surface area contributed by atoms with Crippen LogP contribution in [0.5, 0.6) is 0 Å². The van der Waals surface area contributed by atoms with Crippen molar-refractivity contribution in [1.29, 1.82) is 0 Å². The molecule has 0 bridgehead atoms. The first-order valence-electron chi connectivity index (χ1n) is 12.5. The molecule has 0 spiro atoms. The van der Waals surface area contributed by atoms with Crippen LogP contribution in [-0.2, 0) is 9.73 Å². The minimum atomic E-state index is -4.12. The average molecular weight is 490 g/mol. The number of fused-ring (bicyclic) bond motifs is 1. The Bertz CT molecular complexity index is 753. The van der Waals surface area contributed by atoms with E-state index in [2.05, 4.69) is 17.2 Å². The predicted molar refractivity (Wildman–Crippen MR) is 121 cm³/mol. The van der Waals surface area contributed by atoms with Gasteiger partial charge in [0.2, 0.25) is 5.91 Å². The van der Waals surface area contributed by atoms with E-state index in [1.165, 1.54) is 6.08 Å². The summed E-state index contributed by atoms with van der Waals surface area (Å²) in [4.78, 5) is 20.0. The Kier molecular flexibility index (Phi) is 7.62. The van der Waals surface area contributed by atoms with Gasteiger partial charge in [0.15, 0.2) is 6.04 Å². The molecular formula is C23H40F3N6O2+. The summed E-state index contributed by atoms with van der Waals surface area (Å²) in [6, 6.07) is 0.137. The molecule has 4 rings (SSSR count). The minimum absolute atomic E-state index is 0.00448. The second kappa shape index (κ2) is 10.0. The number of halogens is 3. The molecule has 3 aliphatic heterocycles.